The molecule has 1 aromatic heterocycles. The van der Waals surface area contributed by atoms with Crippen molar-refractivity contribution in [2.75, 3.05) is 11.9 Å². The van der Waals surface area contributed by atoms with Crippen molar-refractivity contribution in [1.29, 1.82) is 0 Å². The third kappa shape index (κ3) is 3.04. The molecule has 0 aliphatic heterocycles. The fourth-order valence-electron chi connectivity index (χ4n) is 1.61. The van der Waals surface area contributed by atoms with E-state index in [0.717, 1.165) is 5.69 Å². The second kappa shape index (κ2) is 5.59. The minimum atomic E-state index is -0.351. The highest BCUT2D eigenvalue weighted by Crippen LogP contribution is 2.16. The monoisotopic (exact) mass is 264 g/mol. The predicted octanol–water partition coefficient (Wildman–Crippen LogP) is 1.77. The van der Waals surface area contributed by atoms with Gasteiger partial charge < -0.3 is 11.1 Å². The van der Waals surface area contributed by atoms with Crippen LogP contribution in [0.2, 0.25) is 0 Å². The first-order valence-corrected chi connectivity index (χ1v) is 5.88. The number of halogens is 1. The fourth-order valence-corrected chi connectivity index (χ4v) is 1.78. The Labute approximate surface area is 110 Å². The van der Waals surface area contributed by atoms with Gasteiger partial charge in [-0.15, -0.1) is 0 Å². The summed E-state index contributed by atoms with van der Waals surface area (Å²) in [6.45, 7) is 1.37. The summed E-state index contributed by atoms with van der Waals surface area (Å²) in [4.78, 5) is 0.177. The number of anilines is 1. The number of rotatable bonds is 5. The second-order valence-corrected chi connectivity index (χ2v) is 4.19. The maximum absolute atomic E-state index is 13.1. The normalized spacial score (nSPS) is 10.3. The summed E-state index contributed by atoms with van der Waals surface area (Å²) < 4.78 is 14.9. The molecule has 1 heterocycles. The lowest BCUT2D eigenvalue weighted by molar-refractivity contribution is 0.626. The summed E-state index contributed by atoms with van der Waals surface area (Å²) in [5.74, 6) is -0.351. The van der Waals surface area contributed by atoms with E-state index in [1.54, 1.807) is 16.9 Å². The lowest BCUT2D eigenvalue weighted by Gasteiger charge is -2.11. The minimum absolute atomic E-state index is 0.177. The van der Waals surface area contributed by atoms with E-state index >= 15 is 0 Å². The van der Waals surface area contributed by atoms with E-state index in [9.17, 15) is 4.39 Å². The molecule has 0 bridgehead atoms. The molecule has 0 unspecified atom stereocenters. The molecular formula is C12H13FN4S. The van der Waals surface area contributed by atoms with Gasteiger partial charge in [0.2, 0.25) is 0 Å². The number of hydrogen-bond acceptors (Lipinski definition) is 3. The van der Waals surface area contributed by atoms with Gasteiger partial charge in [0.25, 0.3) is 0 Å². The second-order valence-electron chi connectivity index (χ2n) is 3.75. The lowest BCUT2D eigenvalue weighted by atomic mass is 10.1. The number of aromatic nitrogens is 2. The van der Waals surface area contributed by atoms with Gasteiger partial charge in [0, 0.05) is 30.2 Å². The molecule has 94 valence electrons. The van der Waals surface area contributed by atoms with Crippen LogP contribution in [0.3, 0.4) is 0 Å². The summed E-state index contributed by atoms with van der Waals surface area (Å²) in [5, 5.41) is 7.25. The molecule has 2 rings (SSSR count). The Balaban J connectivity index is 2.02. The number of nitrogens with zero attached hydrogens (tertiary/aromatic N) is 2. The van der Waals surface area contributed by atoms with Gasteiger partial charge in [-0.3, -0.25) is 4.68 Å². The first kappa shape index (κ1) is 12.5. The van der Waals surface area contributed by atoms with Crippen molar-refractivity contribution in [2.45, 2.75) is 6.54 Å². The van der Waals surface area contributed by atoms with Crippen LogP contribution in [0.5, 0.6) is 0 Å². The van der Waals surface area contributed by atoms with Gasteiger partial charge in [-0.05, 0) is 24.3 Å². The molecule has 1 aromatic carbocycles. The van der Waals surface area contributed by atoms with E-state index in [1.807, 2.05) is 12.3 Å². The Kier molecular flexibility index (Phi) is 3.88. The van der Waals surface area contributed by atoms with Crippen molar-refractivity contribution < 1.29 is 4.39 Å². The van der Waals surface area contributed by atoms with Crippen LogP contribution in [0, 0.1) is 5.82 Å². The van der Waals surface area contributed by atoms with Crippen LogP contribution in [0.1, 0.15) is 5.56 Å². The number of thiocarbonyl (C=S) groups is 1. The molecule has 0 aliphatic rings. The SMILES string of the molecule is NC(=S)c1cc(F)ccc1NCCn1cccn1. The van der Waals surface area contributed by atoms with E-state index < -0.39 is 0 Å². The van der Waals surface area contributed by atoms with Crippen LogP contribution in [-0.2, 0) is 6.54 Å². The van der Waals surface area contributed by atoms with Gasteiger partial charge in [0.1, 0.15) is 10.8 Å². The van der Waals surface area contributed by atoms with E-state index in [2.05, 4.69) is 10.4 Å². The Morgan fingerprint density at radius 1 is 1.50 bits per heavy atom. The third-order valence-electron chi connectivity index (χ3n) is 2.46. The van der Waals surface area contributed by atoms with Crippen molar-refractivity contribution >= 4 is 22.9 Å². The van der Waals surface area contributed by atoms with E-state index in [-0.39, 0.29) is 10.8 Å². The zero-order valence-electron chi connectivity index (χ0n) is 9.64. The van der Waals surface area contributed by atoms with Crippen LogP contribution >= 0.6 is 12.2 Å². The molecule has 18 heavy (non-hydrogen) atoms. The summed E-state index contributed by atoms with van der Waals surface area (Å²) in [6.07, 6.45) is 3.60. The highest BCUT2D eigenvalue weighted by atomic mass is 32.1. The topological polar surface area (TPSA) is 55.9 Å². The van der Waals surface area contributed by atoms with Crippen molar-refractivity contribution in [1.82, 2.24) is 9.78 Å². The first-order valence-electron chi connectivity index (χ1n) is 5.47. The van der Waals surface area contributed by atoms with Crippen molar-refractivity contribution in [3.63, 3.8) is 0 Å². The van der Waals surface area contributed by atoms with E-state index in [1.165, 1.54) is 12.1 Å². The highest BCUT2D eigenvalue weighted by Gasteiger charge is 2.06. The Bertz CT molecular complexity index is 539. The molecular weight excluding hydrogens is 251 g/mol. The van der Waals surface area contributed by atoms with Gasteiger partial charge in [0.15, 0.2) is 0 Å². The third-order valence-corrected chi connectivity index (χ3v) is 2.68. The predicted molar refractivity (Wildman–Crippen MR) is 73.0 cm³/mol. The molecule has 3 N–H and O–H groups in total. The van der Waals surface area contributed by atoms with E-state index in [0.29, 0.717) is 18.7 Å². The summed E-state index contributed by atoms with van der Waals surface area (Å²) in [5.41, 5.74) is 6.81. The van der Waals surface area contributed by atoms with Crippen molar-refractivity contribution in [2.24, 2.45) is 5.73 Å². The fraction of sp³-hybridized carbons (Fsp3) is 0.167. The Morgan fingerprint density at radius 3 is 3.00 bits per heavy atom. The van der Waals surface area contributed by atoms with Crippen LogP contribution < -0.4 is 11.1 Å². The summed E-state index contributed by atoms with van der Waals surface area (Å²) in [6, 6.07) is 6.20. The lowest BCUT2D eigenvalue weighted by Crippen LogP contribution is -2.16. The molecule has 0 spiro atoms. The molecule has 0 radical (unpaired) electrons. The van der Waals surface area contributed by atoms with Gasteiger partial charge in [-0.25, -0.2) is 4.39 Å². The number of hydrogen-bond donors (Lipinski definition) is 2. The Hall–Kier alpha value is -1.95. The van der Waals surface area contributed by atoms with Gasteiger partial charge in [0.05, 0.1) is 6.54 Å². The van der Waals surface area contributed by atoms with Crippen LogP contribution in [-0.4, -0.2) is 21.3 Å². The highest BCUT2D eigenvalue weighted by molar-refractivity contribution is 7.80. The maximum Gasteiger partial charge on any atom is 0.124 e. The average molecular weight is 264 g/mol. The smallest absolute Gasteiger partial charge is 0.124 e. The number of benzene rings is 1. The molecule has 0 fully saturated rings. The molecule has 6 heteroatoms. The Morgan fingerprint density at radius 2 is 2.33 bits per heavy atom. The quantitative estimate of drug-likeness (QED) is 0.808. The molecule has 0 saturated heterocycles. The van der Waals surface area contributed by atoms with E-state index in [4.69, 9.17) is 18.0 Å². The average Bonchev–Trinajstić information content (AvgIpc) is 2.84. The molecule has 4 nitrogen and oxygen atoms in total. The molecule has 0 atom stereocenters. The molecule has 0 amide bonds. The largest absolute Gasteiger partial charge is 0.389 e. The zero-order chi connectivity index (χ0) is 13.0. The van der Waals surface area contributed by atoms with Crippen LogP contribution in [0.25, 0.3) is 0 Å². The van der Waals surface area contributed by atoms with Crippen molar-refractivity contribution in [3.05, 3.63) is 48.0 Å². The standard InChI is InChI=1S/C12H13FN4S/c13-9-2-3-11(10(8-9)12(14)18)15-5-7-17-6-1-4-16-17/h1-4,6,8,15H,5,7H2,(H2,14,18). The molecule has 2 aromatic rings. The summed E-state index contributed by atoms with van der Waals surface area (Å²) >= 11 is 4.89. The molecule has 0 aliphatic carbocycles. The van der Waals surface area contributed by atoms with Gasteiger partial charge in [-0.2, -0.15) is 5.10 Å². The number of nitrogens with two attached hydrogens (primary N) is 1. The van der Waals surface area contributed by atoms with Crippen LogP contribution in [0.15, 0.2) is 36.7 Å². The van der Waals surface area contributed by atoms with Gasteiger partial charge in [-0.1, -0.05) is 12.2 Å². The zero-order valence-corrected chi connectivity index (χ0v) is 10.5. The molecule has 0 saturated carbocycles. The summed E-state index contributed by atoms with van der Waals surface area (Å²) in [7, 11) is 0. The number of nitrogens with one attached hydrogen (secondary N) is 1. The first-order chi connectivity index (χ1) is 8.66. The maximum atomic E-state index is 13.1. The van der Waals surface area contributed by atoms with Crippen LogP contribution in [0.4, 0.5) is 10.1 Å². The van der Waals surface area contributed by atoms with Gasteiger partial charge >= 0.3 is 0 Å². The van der Waals surface area contributed by atoms with Crippen molar-refractivity contribution in [3.8, 4) is 0 Å². The minimum Gasteiger partial charge on any atom is -0.389 e.